The first kappa shape index (κ1) is 20.2. The summed E-state index contributed by atoms with van der Waals surface area (Å²) in [5.74, 6) is -1.93. The number of amides is 2. The van der Waals surface area contributed by atoms with E-state index in [9.17, 15) is 19.7 Å². The second-order valence-electron chi connectivity index (χ2n) is 6.75. The molecule has 0 aliphatic carbocycles. The fraction of sp³-hybridized carbons (Fsp3) is 0.0455. The molecule has 154 valence electrons. The van der Waals surface area contributed by atoms with Gasteiger partial charge < -0.3 is 10.6 Å². The summed E-state index contributed by atoms with van der Waals surface area (Å²) in [6, 6.07) is 18.6. The molecule has 1 aromatic heterocycles. The van der Waals surface area contributed by atoms with Crippen molar-refractivity contribution in [2.45, 2.75) is 6.92 Å². The molecule has 31 heavy (non-hydrogen) atoms. The number of nitrogens with zero attached hydrogens (tertiary/aromatic N) is 2. The standard InChI is InChI=1S/C22H16N4O4S/c1-13-6-11-17-19(12-13)31-22(25-17)14-7-9-15(10-8-14)23-20(27)21(28)24-16-4-2-3-5-18(16)26(29)30/h2-12H,1H3,(H,23,27)(H,24,28). The Morgan fingerprint density at radius 1 is 0.968 bits per heavy atom. The SMILES string of the molecule is Cc1ccc2nc(-c3ccc(NC(=O)C(=O)Nc4ccccc4[N+](=O)[O-])cc3)sc2c1. The van der Waals surface area contributed by atoms with E-state index < -0.39 is 16.7 Å². The Balaban J connectivity index is 1.45. The number of nitrogens with one attached hydrogen (secondary N) is 2. The van der Waals surface area contributed by atoms with Gasteiger partial charge in [-0.15, -0.1) is 11.3 Å². The third-order valence-electron chi connectivity index (χ3n) is 4.49. The van der Waals surface area contributed by atoms with Gasteiger partial charge in [0.15, 0.2) is 0 Å². The monoisotopic (exact) mass is 432 g/mol. The van der Waals surface area contributed by atoms with Crippen molar-refractivity contribution in [3.05, 3.63) is 82.4 Å². The minimum Gasteiger partial charge on any atom is -0.318 e. The van der Waals surface area contributed by atoms with Crippen LogP contribution in [0.4, 0.5) is 17.1 Å². The molecular formula is C22H16N4O4S. The zero-order valence-corrected chi connectivity index (χ0v) is 17.1. The predicted octanol–water partition coefficient (Wildman–Crippen LogP) is 4.76. The fourth-order valence-electron chi connectivity index (χ4n) is 2.96. The van der Waals surface area contributed by atoms with Crippen molar-refractivity contribution >= 4 is 50.4 Å². The largest absolute Gasteiger partial charge is 0.318 e. The number of benzene rings is 3. The number of anilines is 2. The lowest BCUT2D eigenvalue weighted by molar-refractivity contribution is -0.383. The van der Waals surface area contributed by atoms with E-state index in [2.05, 4.69) is 21.7 Å². The Bertz CT molecular complexity index is 1310. The molecule has 0 saturated heterocycles. The van der Waals surface area contributed by atoms with Gasteiger partial charge in [0.1, 0.15) is 10.7 Å². The maximum absolute atomic E-state index is 12.2. The molecule has 0 radical (unpaired) electrons. The first-order valence-electron chi connectivity index (χ1n) is 9.24. The van der Waals surface area contributed by atoms with Crippen molar-refractivity contribution in [3.63, 3.8) is 0 Å². The molecule has 4 rings (SSSR count). The summed E-state index contributed by atoms with van der Waals surface area (Å²) in [5.41, 5.74) is 3.06. The van der Waals surface area contributed by atoms with Gasteiger partial charge >= 0.3 is 11.8 Å². The lowest BCUT2D eigenvalue weighted by Crippen LogP contribution is -2.29. The zero-order valence-electron chi connectivity index (χ0n) is 16.3. The minimum atomic E-state index is -1.00. The number of aromatic nitrogens is 1. The lowest BCUT2D eigenvalue weighted by atomic mass is 10.2. The Morgan fingerprint density at radius 2 is 1.68 bits per heavy atom. The highest BCUT2D eigenvalue weighted by Crippen LogP contribution is 2.31. The number of rotatable bonds is 4. The number of fused-ring (bicyclic) bond motifs is 1. The molecular weight excluding hydrogens is 416 g/mol. The summed E-state index contributed by atoms with van der Waals surface area (Å²) >= 11 is 1.58. The molecule has 8 nitrogen and oxygen atoms in total. The third-order valence-corrected chi connectivity index (χ3v) is 5.56. The normalized spacial score (nSPS) is 10.6. The highest BCUT2D eigenvalue weighted by atomic mass is 32.1. The molecule has 2 N–H and O–H groups in total. The molecule has 0 saturated carbocycles. The van der Waals surface area contributed by atoms with E-state index in [0.717, 1.165) is 20.8 Å². The minimum absolute atomic E-state index is 0.0472. The van der Waals surface area contributed by atoms with Crippen LogP contribution in [0, 0.1) is 17.0 Å². The van der Waals surface area contributed by atoms with E-state index >= 15 is 0 Å². The van der Waals surface area contributed by atoms with E-state index in [4.69, 9.17) is 0 Å². The van der Waals surface area contributed by atoms with Crippen molar-refractivity contribution in [2.24, 2.45) is 0 Å². The van der Waals surface area contributed by atoms with Crippen LogP contribution in [0.25, 0.3) is 20.8 Å². The fourth-order valence-corrected chi connectivity index (χ4v) is 4.03. The lowest BCUT2D eigenvalue weighted by Gasteiger charge is -2.07. The molecule has 1 heterocycles. The van der Waals surface area contributed by atoms with Crippen molar-refractivity contribution < 1.29 is 14.5 Å². The number of aryl methyl sites for hydroxylation is 1. The molecule has 3 aromatic carbocycles. The summed E-state index contributed by atoms with van der Waals surface area (Å²) in [4.78, 5) is 39.4. The number of para-hydroxylation sites is 2. The second kappa shape index (κ2) is 8.33. The zero-order chi connectivity index (χ0) is 22.0. The number of carbonyl (C=O) groups is 2. The average Bonchev–Trinajstić information content (AvgIpc) is 3.17. The summed E-state index contributed by atoms with van der Waals surface area (Å²) < 4.78 is 1.10. The van der Waals surface area contributed by atoms with Gasteiger partial charge in [0.05, 0.1) is 15.1 Å². The van der Waals surface area contributed by atoms with Crippen LogP contribution in [-0.4, -0.2) is 21.7 Å². The Morgan fingerprint density at radius 3 is 2.42 bits per heavy atom. The molecule has 2 amide bonds. The number of nitro groups is 1. The van der Waals surface area contributed by atoms with Gasteiger partial charge in [0.2, 0.25) is 0 Å². The predicted molar refractivity (Wildman–Crippen MR) is 120 cm³/mol. The van der Waals surface area contributed by atoms with Crippen LogP contribution in [0.3, 0.4) is 0 Å². The van der Waals surface area contributed by atoms with E-state index in [-0.39, 0.29) is 11.4 Å². The first-order valence-corrected chi connectivity index (χ1v) is 10.1. The Hall–Kier alpha value is -4.11. The van der Waals surface area contributed by atoms with E-state index in [1.54, 1.807) is 35.6 Å². The smallest absolute Gasteiger partial charge is 0.314 e. The average molecular weight is 432 g/mol. The third kappa shape index (κ3) is 4.41. The number of hydrogen-bond acceptors (Lipinski definition) is 6. The van der Waals surface area contributed by atoms with E-state index in [0.29, 0.717) is 5.69 Å². The van der Waals surface area contributed by atoms with Crippen molar-refractivity contribution in [1.29, 1.82) is 0 Å². The van der Waals surface area contributed by atoms with Gasteiger partial charge in [-0.25, -0.2) is 4.98 Å². The van der Waals surface area contributed by atoms with Crippen LogP contribution in [0.15, 0.2) is 66.7 Å². The van der Waals surface area contributed by atoms with Crippen LogP contribution in [0.2, 0.25) is 0 Å². The molecule has 0 fully saturated rings. The van der Waals surface area contributed by atoms with Crippen LogP contribution >= 0.6 is 11.3 Å². The first-order chi connectivity index (χ1) is 14.9. The molecule has 0 atom stereocenters. The van der Waals surface area contributed by atoms with E-state index in [1.807, 2.05) is 19.1 Å². The molecule has 0 aliphatic heterocycles. The highest BCUT2D eigenvalue weighted by molar-refractivity contribution is 7.21. The molecule has 9 heteroatoms. The molecule has 0 bridgehead atoms. The number of hydrogen-bond donors (Lipinski definition) is 2. The second-order valence-corrected chi connectivity index (χ2v) is 7.78. The topological polar surface area (TPSA) is 114 Å². The molecule has 0 unspecified atom stereocenters. The summed E-state index contributed by atoms with van der Waals surface area (Å²) in [5, 5.41) is 16.6. The van der Waals surface area contributed by atoms with Crippen LogP contribution < -0.4 is 10.6 Å². The molecule has 0 aliphatic rings. The Kier molecular flexibility index (Phi) is 5.42. The van der Waals surface area contributed by atoms with Gasteiger partial charge in [-0.05, 0) is 55.0 Å². The van der Waals surface area contributed by atoms with Gasteiger partial charge in [-0.1, -0.05) is 18.2 Å². The van der Waals surface area contributed by atoms with Crippen LogP contribution in [0.5, 0.6) is 0 Å². The number of nitro benzene ring substituents is 1. The molecule has 0 spiro atoms. The number of thiazole rings is 1. The maximum Gasteiger partial charge on any atom is 0.314 e. The summed E-state index contributed by atoms with van der Waals surface area (Å²) in [7, 11) is 0. The maximum atomic E-state index is 12.2. The van der Waals surface area contributed by atoms with E-state index in [1.165, 1.54) is 29.8 Å². The Labute approximate surface area is 180 Å². The molecule has 4 aromatic rings. The number of carbonyl (C=O) groups excluding carboxylic acids is 2. The van der Waals surface area contributed by atoms with Crippen LogP contribution in [0.1, 0.15) is 5.56 Å². The van der Waals surface area contributed by atoms with Crippen LogP contribution in [-0.2, 0) is 9.59 Å². The van der Waals surface area contributed by atoms with Crippen molar-refractivity contribution in [3.8, 4) is 10.6 Å². The van der Waals surface area contributed by atoms with Gasteiger partial charge in [0.25, 0.3) is 5.69 Å². The summed E-state index contributed by atoms with van der Waals surface area (Å²) in [6.45, 7) is 2.03. The highest BCUT2D eigenvalue weighted by Gasteiger charge is 2.19. The summed E-state index contributed by atoms with van der Waals surface area (Å²) in [6.07, 6.45) is 0. The van der Waals surface area contributed by atoms with Crippen molar-refractivity contribution in [1.82, 2.24) is 4.98 Å². The van der Waals surface area contributed by atoms with Crippen molar-refractivity contribution in [2.75, 3.05) is 10.6 Å². The van der Waals surface area contributed by atoms with Gasteiger partial charge in [0, 0.05) is 17.3 Å². The quantitative estimate of drug-likeness (QED) is 0.274. The van der Waals surface area contributed by atoms with Gasteiger partial charge in [-0.2, -0.15) is 0 Å². The van der Waals surface area contributed by atoms with Gasteiger partial charge in [-0.3, -0.25) is 19.7 Å².